The summed E-state index contributed by atoms with van der Waals surface area (Å²) < 4.78 is 38.4. The van der Waals surface area contributed by atoms with E-state index in [1.165, 1.54) is 6.07 Å². The van der Waals surface area contributed by atoms with Gasteiger partial charge in [0, 0.05) is 5.02 Å². The van der Waals surface area contributed by atoms with Crippen LogP contribution in [0.4, 0.5) is 13.2 Å². The van der Waals surface area contributed by atoms with Crippen molar-refractivity contribution in [2.24, 2.45) is 0 Å². The van der Waals surface area contributed by atoms with Crippen molar-refractivity contribution in [3.8, 4) is 0 Å². The normalized spacial score (nSPS) is 13.2. The maximum atomic E-state index is 12.8. The highest BCUT2D eigenvalue weighted by atomic mass is 35.5. The average Bonchev–Trinajstić information content (AvgIpc) is 2.43. The van der Waals surface area contributed by atoms with E-state index in [2.05, 4.69) is 5.32 Å². The molecule has 0 saturated carbocycles. The zero-order valence-electron chi connectivity index (χ0n) is 11.6. The van der Waals surface area contributed by atoms with Crippen LogP contribution in [-0.2, 0) is 6.18 Å². The van der Waals surface area contributed by atoms with Crippen LogP contribution >= 0.6 is 11.6 Å². The minimum atomic E-state index is -4.35. The van der Waals surface area contributed by atoms with Gasteiger partial charge in [-0.15, -0.1) is 0 Å². The van der Waals surface area contributed by atoms with E-state index in [-0.39, 0.29) is 6.04 Å². The minimum Gasteiger partial charge on any atom is -0.309 e. The molecule has 2 aromatic rings. The third kappa shape index (κ3) is 3.57. The predicted molar refractivity (Wildman–Crippen MR) is 78.5 cm³/mol. The van der Waals surface area contributed by atoms with Crippen molar-refractivity contribution in [3.63, 3.8) is 0 Å². The Morgan fingerprint density at radius 1 is 1.05 bits per heavy atom. The summed E-state index contributed by atoms with van der Waals surface area (Å²) in [6, 6.07) is 10.5. The second-order valence-corrected chi connectivity index (χ2v) is 5.26. The minimum absolute atomic E-state index is 0.342. The Balaban J connectivity index is 2.44. The standard InChI is InChI=1S/C16H15ClF3N/c1-10-6-7-12(9-14(10)17)15(21-2)11-4-3-5-13(8-11)16(18,19)20/h3-9,15,21H,1-2H3. The fourth-order valence-corrected chi connectivity index (χ4v) is 2.40. The van der Waals surface area contributed by atoms with Gasteiger partial charge in [0.2, 0.25) is 0 Å². The smallest absolute Gasteiger partial charge is 0.309 e. The molecule has 1 unspecified atom stereocenters. The summed E-state index contributed by atoms with van der Waals surface area (Å²) in [6.45, 7) is 1.88. The van der Waals surface area contributed by atoms with Crippen LogP contribution in [0.25, 0.3) is 0 Å². The number of nitrogens with one attached hydrogen (secondary N) is 1. The van der Waals surface area contributed by atoms with E-state index in [0.29, 0.717) is 10.6 Å². The van der Waals surface area contributed by atoms with Gasteiger partial charge in [-0.05, 0) is 48.9 Å². The molecule has 0 heterocycles. The molecular weight excluding hydrogens is 299 g/mol. The topological polar surface area (TPSA) is 12.0 Å². The maximum absolute atomic E-state index is 12.8. The van der Waals surface area contributed by atoms with Gasteiger partial charge in [-0.3, -0.25) is 0 Å². The van der Waals surface area contributed by atoms with E-state index in [1.807, 2.05) is 19.1 Å². The van der Waals surface area contributed by atoms with Gasteiger partial charge in [0.05, 0.1) is 11.6 Å². The van der Waals surface area contributed by atoms with Crippen molar-refractivity contribution in [1.29, 1.82) is 0 Å². The summed E-state index contributed by atoms with van der Waals surface area (Å²) in [4.78, 5) is 0. The Bertz CT molecular complexity index is 638. The van der Waals surface area contributed by atoms with Gasteiger partial charge >= 0.3 is 6.18 Å². The highest BCUT2D eigenvalue weighted by Gasteiger charge is 2.31. The molecule has 0 aliphatic carbocycles. The fraction of sp³-hybridized carbons (Fsp3) is 0.250. The number of aryl methyl sites for hydroxylation is 1. The molecule has 0 bridgehead atoms. The lowest BCUT2D eigenvalue weighted by Crippen LogP contribution is -2.18. The lowest BCUT2D eigenvalue weighted by Gasteiger charge is -2.19. The molecule has 5 heteroatoms. The van der Waals surface area contributed by atoms with Crippen molar-refractivity contribution in [2.45, 2.75) is 19.1 Å². The van der Waals surface area contributed by atoms with Crippen LogP contribution in [0, 0.1) is 6.92 Å². The Hall–Kier alpha value is -1.52. The van der Waals surface area contributed by atoms with Crippen LogP contribution in [0.3, 0.4) is 0 Å². The molecule has 0 spiro atoms. The number of rotatable bonds is 3. The lowest BCUT2D eigenvalue weighted by atomic mass is 9.96. The summed E-state index contributed by atoms with van der Waals surface area (Å²) in [5, 5.41) is 3.63. The molecule has 0 aromatic heterocycles. The van der Waals surface area contributed by atoms with Crippen molar-refractivity contribution in [3.05, 3.63) is 69.7 Å². The monoisotopic (exact) mass is 313 g/mol. The summed E-state index contributed by atoms with van der Waals surface area (Å²) >= 11 is 6.10. The molecule has 112 valence electrons. The Morgan fingerprint density at radius 3 is 2.29 bits per heavy atom. The number of halogens is 4. The number of alkyl halides is 3. The second-order valence-electron chi connectivity index (χ2n) is 4.85. The van der Waals surface area contributed by atoms with Crippen LogP contribution in [0.15, 0.2) is 42.5 Å². The first-order valence-electron chi connectivity index (χ1n) is 6.43. The molecule has 1 N–H and O–H groups in total. The molecule has 1 atom stereocenters. The van der Waals surface area contributed by atoms with E-state index in [9.17, 15) is 13.2 Å². The third-order valence-electron chi connectivity index (χ3n) is 3.37. The van der Waals surface area contributed by atoms with Gasteiger partial charge in [-0.1, -0.05) is 35.9 Å². The SMILES string of the molecule is CNC(c1cccc(C(F)(F)F)c1)c1ccc(C)c(Cl)c1. The summed E-state index contributed by atoms with van der Waals surface area (Å²) in [6.07, 6.45) is -4.35. The van der Waals surface area contributed by atoms with Crippen molar-refractivity contribution in [2.75, 3.05) is 7.05 Å². The van der Waals surface area contributed by atoms with Crippen LogP contribution in [-0.4, -0.2) is 7.05 Å². The van der Waals surface area contributed by atoms with Crippen LogP contribution in [0.2, 0.25) is 5.02 Å². The van der Waals surface area contributed by atoms with Crippen molar-refractivity contribution < 1.29 is 13.2 Å². The van der Waals surface area contributed by atoms with E-state index < -0.39 is 11.7 Å². The largest absolute Gasteiger partial charge is 0.416 e. The molecule has 0 saturated heterocycles. The Labute approximate surface area is 126 Å². The number of hydrogen-bond acceptors (Lipinski definition) is 1. The van der Waals surface area contributed by atoms with Gasteiger partial charge in [0.25, 0.3) is 0 Å². The highest BCUT2D eigenvalue weighted by Crippen LogP contribution is 2.32. The molecule has 0 fully saturated rings. The third-order valence-corrected chi connectivity index (χ3v) is 3.77. The van der Waals surface area contributed by atoms with E-state index in [4.69, 9.17) is 11.6 Å². The Morgan fingerprint density at radius 2 is 1.71 bits per heavy atom. The van der Waals surface area contributed by atoms with E-state index >= 15 is 0 Å². The molecule has 0 amide bonds. The van der Waals surface area contributed by atoms with Crippen molar-refractivity contribution in [1.82, 2.24) is 5.32 Å². The van der Waals surface area contributed by atoms with Crippen LogP contribution in [0.5, 0.6) is 0 Å². The van der Waals surface area contributed by atoms with Gasteiger partial charge in [-0.2, -0.15) is 13.2 Å². The molecule has 0 aliphatic rings. The highest BCUT2D eigenvalue weighted by molar-refractivity contribution is 6.31. The molecule has 1 nitrogen and oxygen atoms in total. The fourth-order valence-electron chi connectivity index (χ4n) is 2.21. The molecule has 21 heavy (non-hydrogen) atoms. The van der Waals surface area contributed by atoms with Gasteiger partial charge < -0.3 is 5.32 Å². The second kappa shape index (κ2) is 6.08. The van der Waals surface area contributed by atoms with Crippen molar-refractivity contribution >= 4 is 11.6 Å². The van der Waals surface area contributed by atoms with Gasteiger partial charge in [0.15, 0.2) is 0 Å². The van der Waals surface area contributed by atoms with E-state index in [0.717, 1.165) is 23.3 Å². The zero-order chi connectivity index (χ0) is 15.6. The van der Waals surface area contributed by atoms with Crippen LogP contribution < -0.4 is 5.32 Å². The maximum Gasteiger partial charge on any atom is 0.416 e. The first-order valence-corrected chi connectivity index (χ1v) is 6.81. The van der Waals surface area contributed by atoms with Gasteiger partial charge in [-0.25, -0.2) is 0 Å². The summed E-state index contributed by atoms with van der Waals surface area (Å²) in [7, 11) is 1.71. The molecule has 2 rings (SSSR count). The summed E-state index contributed by atoms with van der Waals surface area (Å²) in [5.41, 5.74) is 1.65. The molecular formula is C16H15ClF3N. The van der Waals surface area contributed by atoms with Gasteiger partial charge in [0.1, 0.15) is 0 Å². The first-order chi connectivity index (χ1) is 9.82. The van der Waals surface area contributed by atoms with Crippen LogP contribution in [0.1, 0.15) is 28.3 Å². The number of hydrogen-bond donors (Lipinski definition) is 1. The lowest BCUT2D eigenvalue weighted by molar-refractivity contribution is -0.137. The number of benzene rings is 2. The Kier molecular flexibility index (Phi) is 4.59. The average molecular weight is 314 g/mol. The molecule has 2 aromatic carbocycles. The zero-order valence-corrected chi connectivity index (χ0v) is 12.4. The van der Waals surface area contributed by atoms with E-state index in [1.54, 1.807) is 19.2 Å². The molecule has 0 aliphatic heterocycles. The summed E-state index contributed by atoms with van der Waals surface area (Å²) in [5.74, 6) is 0. The quantitative estimate of drug-likeness (QED) is 0.843. The predicted octanol–water partition coefficient (Wildman–Crippen LogP) is 4.98. The molecule has 0 radical (unpaired) electrons. The first kappa shape index (κ1) is 15.9.